The molecule has 0 aliphatic carbocycles. The van der Waals surface area contributed by atoms with Gasteiger partial charge in [0.25, 0.3) is 0 Å². The fraction of sp³-hybridized carbons (Fsp3) is 0.316. The maximum atomic E-state index is 12.7. The number of carbonyl (C=O) groups excluding carboxylic acids is 1. The van der Waals surface area contributed by atoms with Gasteiger partial charge in [-0.3, -0.25) is 4.79 Å². The maximum absolute atomic E-state index is 12.7. The van der Waals surface area contributed by atoms with Crippen molar-refractivity contribution in [3.63, 3.8) is 0 Å². The number of nitrogens with one attached hydrogen (secondary N) is 2. The number of halogens is 1. The number of ether oxygens (including phenoxy) is 4. The molecule has 0 fully saturated rings. The Balaban J connectivity index is 2.21. The average molecular weight is 459 g/mol. The van der Waals surface area contributed by atoms with E-state index in [2.05, 4.69) is 10.0 Å². The molecule has 0 bridgehead atoms. The van der Waals surface area contributed by atoms with Crippen molar-refractivity contribution in [2.45, 2.75) is 17.9 Å². The minimum Gasteiger partial charge on any atom is -0.495 e. The lowest BCUT2D eigenvalue weighted by Crippen LogP contribution is -2.41. The van der Waals surface area contributed by atoms with Crippen LogP contribution in [-0.2, 0) is 14.8 Å². The van der Waals surface area contributed by atoms with Crippen molar-refractivity contribution < 1.29 is 32.2 Å². The summed E-state index contributed by atoms with van der Waals surface area (Å²) in [6.45, 7) is 1.41. The highest BCUT2D eigenvalue weighted by Crippen LogP contribution is 2.36. The molecule has 30 heavy (non-hydrogen) atoms. The van der Waals surface area contributed by atoms with Gasteiger partial charge in [0, 0.05) is 18.2 Å². The molecule has 1 atom stereocenters. The molecule has 11 heteroatoms. The van der Waals surface area contributed by atoms with E-state index in [1.807, 2.05) is 0 Å². The number of hydrogen-bond acceptors (Lipinski definition) is 7. The maximum Gasteiger partial charge on any atom is 0.242 e. The smallest absolute Gasteiger partial charge is 0.242 e. The Morgan fingerprint density at radius 2 is 1.50 bits per heavy atom. The van der Waals surface area contributed by atoms with E-state index in [-0.39, 0.29) is 16.3 Å². The van der Waals surface area contributed by atoms with Crippen LogP contribution in [0.3, 0.4) is 0 Å². The van der Waals surface area contributed by atoms with E-state index in [1.165, 1.54) is 65.7 Å². The van der Waals surface area contributed by atoms with Crippen molar-refractivity contribution in [1.82, 2.24) is 4.72 Å². The van der Waals surface area contributed by atoms with Gasteiger partial charge in [0.05, 0.1) is 50.1 Å². The molecule has 0 saturated carbocycles. The van der Waals surface area contributed by atoms with E-state index in [4.69, 9.17) is 30.5 Å². The third kappa shape index (κ3) is 5.26. The third-order valence-corrected chi connectivity index (χ3v) is 5.96. The van der Waals surface area contributed by atoms with Gasteiger partial charge in [-0.15, -0.1) is 0 Å². The Bertz CT molecular complexity index is 1030. The van der Waals surface area contributed by atoms with Crippen molar-refractivity contribution in [2.75, 3.05) is 33.8 Å². The van der Waals surface area contributed by atoms with E-state index in [9.17, 15) is 13.2 Å². The van der Waals surface area contributed by atoms with Gasteiger partial charge in [-0.1, -0.05) is 11.6 Å². The third-order valence-electron chi connectivity index (χ3n) is 4.12. The molecule has 2 N–H and O–H groups in total. The molecule has 0 aliphatic rings. The van der Waals surface area contributed by atoms with E-state index in [0.29, 0.717) is 22.3 Å². The Morgan fingerprint density at radius 1 is 0.900 bits per heavy atom. The molecule has 0 heterocycles. The summed E-state index contributed by atoms with van der Waals surface area (Å²) in [5, 5.41) is 2.90. The van der Waals surface area contributed by atoms with Gasteiger partial charge >= 0.3 is 0 Å². The Hall–Kier alpha value is -2.69. The topological polar surface area (TPSA) is 112 Å². The molecule has 2 aromatic rings. The van der Waals surface area contributed by atoms with Crippen molar-refractivity contribution in [2.24, 2.45) is 0 Å². The van der Waals surface area contributed by atoms with Crippen LogP contribution in [0.25, 0.3) is 0 Å². The summed E-state index contributed by atoms with van der Waals surface area (Å²) in [6.07, 6.45) is 0. The van der Waals surface area contributed by atoms with Crippen molar-refractivity contribution in [1.29, 1.82) is 0 Å². The fourth-order valence-corrected chi connectivity index (χ4v) is 3.99. The highest BCUT2D eigenvalue weighted by molar-refractivity contribution is 7.89. The monoisotopic (exact) mass is 458 g/mol. The summed E-state index contributed by atoms with van der Waals surface area (Å²) >= 11 is 6.05. The lowest BCUT2D eigenvalue weighted by Gasteiger charge is -2.17. The molecule has 0 spiro atoms. The van der Waals surface area contributed by atoms with Gasteiger partial charge in [-0.05, 0) is 19.1 Å². The number of anilines is 1. The first-order valence-corrected chi connectivity index (χ1v) is 10.5. The first-order chi connectivity index (χ1) is 14.2. The Labute approximate surface area is 180 Å². The predicted molar refractivity (Wildman–Crippen MR) is 113 cm³/mol. The van der Waals surface area contributed by atoms with E-state index < -0.39 is 22.0 Å². The van der Waals surface area contributed by atoms with Crippen LogP contribution in [0.4, 0.5) is 5.69 Å². The fourth-order valence-electron chi connectivity index (χ4n) is 2.54. The van der Waals surface area contributed by atoms with Crippen molar-refractivity contribution >= 4 is 33.2 Å². The number of benzene rings is 2. The lowest BCUT2D eigenvalue weighted by molar-refractivity contribution is -0.117. The van der Waals surface area contributed by atoms with Gasteiger partial charge < -0.3 is 24.3 Å². The summed E-state index contributed by atoms with van der Waals surface area (Å²) in [5.41, 5.74) is 0.279. The van der Waals surface area contributed by atoms with E-state index in [0.717, 1.165) is 0 Å². The summed E-state index contributed by atoms with van der Waals surface area (Å²) < 4.78 is 48.3. The lowest BCUT2D eigenvalue weighted by atomic mass is 10.2. The van der Waals surface area contributed by atoms with Gasteiger partial charge in [-0.25, -0.2) is 8.42 Å². The van der Waals surface area contributed by atoms with Gasteiger partial charge in [0.2, 0.25) is 15.9 Å². The number of carbonyl (C=O) groups is 1. The molecule has 2 rings (SSSR count). The van der Waals surface area contributed by atoms with Crippen LogP contribution in [0.15, 0.2) is 35.2 Å². The molecule has 2 aromatic carbocycles. The van der Waals surface area contributed by atoms with Crippen LogP contribution in [0.2, 0.25) is 5.02 Å². The molecule has 9 nitrogen and oxygen atoms in total. The molecule has 0 saturated heterocycles. The molecule has 0 aliphatic heterocycles. The quantitative estimate of drug-likeness (QED) is 0.594. The van der Waals surface area contributed by atoms with E-state index in [1.54, 1.807) is 0 Å². The highest BCUT2D eigenvalue weighted by Gasteiger charge is 2.24. The zero-order valence-electron chi connectivity index (χ0n) is 17.1. The molecule has 1 amide bonds. The molecule has 0 radical (unpaired) electrons. The normalized spacial score (nSPS) is 12.1. The number of sulfonamides is 1. The van der Waals surface area contributed by atoms with Gasteiger partial charge in [0.15, 0.2) is 11.5 Å². The minimum atomic E-state index is -4.01. The molecule has 164 valence electrons. The number of amides is 1. The molecular weight excluding hydrogens is 436 g/mol. The largest absolute Gasteiger partial charge is 0.495 e. The molecular formula is C19H23ClN2O7S. The zero-order valence-corrected chi connectivity index (χ0v) is 18.7. The summed E-state index contributed by atoms with van der Waals surface area (Å²) in [7, 11) is 1.67. The van der Waals surface area contributed by atoms with Crippen LogP contribution in [0.1, 0.15) is 6.92 Å². The van der Waals surface area contributed by atoms with Crippen LogP contribution < -0.4 is 29.0 Å². The zero-order chi connectivity index (χ0) is 22.5. The first kappa shape index (κ1) is 23.6. The molecule has 0 unspecified atom stereocenters. The Morgan fingerprint density at radius 3 is 2.07 bits per heavy atom. The summed E-state index contributed by atoms with van der Waals surface area (Å²) in [5.74, 6) is 0.638. The van der Waals surface area contributed by atoms with Crippen LogP contribution >= 0.6 is 11.6 Å². The van der Waals surface area contributed by atoms with Crippen LogP contribution in [0.5, 0.6) is 23.0 Å². The van der Waals surface area contributed by atoms with Crippen molar-refractivity contribution in [3.05, 3.63) is 35.4 Å². The van der Waals surface area contributed by atoms with Crippen molar-refractivity contribution in [3.8, 4) is 23.0 Å². The highest BCUT2D eigenvalue weighted by atomic mass is 35.5. The van der Waals surface area contributed by atoms with Gasteiger partial charge in [-0.2, -0.15) is 4.72 Å². The van der Waals surface area contributed by atoms with E-state index >= 15 is 0 Å². The Kier molecular flexibility index (Phi) is 7.77. The first-order valence-electron chi connectivity index (χ1n) is 8.63. The summed E-state index contributed by atoms with van der Waals surface area (Å²) in [6, 6.07) is 5.97. The van der Waals surface area contributed by atoms with Gasteiger partial charge in [0.1, 0.15) is 11.5 Å². The second-order valence-electron chi connectivity index (χ2n) is 6.04. The number of methoxy groups -OCH3 is 4. The van der Waals surface area contributed by atoms with Crippen LogP contribution in [-0.4, -0.2) is 48.8 Å². The number of rotatable bonds is 9. The predicted octanol–water partition coefficient (Wildman–Crippen LogP) is 2.68. The second-order valence-corrected chi connectivity index (χ2v) is 8.16. The standard InChI is InChI=1S/C19H23ClN2O7S/c1-11(19(23)21-14-10-16(27-3)13(20)9-17(14)28-4)22-30(24,25)12-6-7-15(26-2)18(8-12)29-5/h6-11,22H,1-5H3,(H,21,23)/t11-/m1/s1. The van der Waals surface area contributed by atoms with Crippen LogP contribution in [0, 0.1) is 0 Å². The second kappa shape index (κ2) is 9.88. The summed E-state index contributed by atoms with van der Waals surface area (Å²) in [4.78, 5) is 12.5. The average Bonchev–Trinajstić information content (AvgIpc) is 2.73. The molecule has 0 aromatic heterocycles. The number of hydrogen-bond donors (Lipinski definition) is 2. The SMILES string of the molecule is COc1cc(NC(=O)[C@@H](C)NS(=O)(=O)c2ccc(OC)c(OC)c2)c(OC)cc1Cl. The minimum absolute atomic E-state index is 0.0782.